The van der Waals surface area contributed by atoms with Gasteiger partial charge in [-0.25, -0.2) is 4.98 Å². The molecule has 8 nitrogen and oxygen atoms in total. The number of β-amino-alcohol motifs (C(OH)–C–C–N with tert-alkyl or cyclic N) is 1. The number of pyridine rings is 1. The van der Waals surface area contributed by atoms with E-state index in [1.807, 2.05) is 37.3 Å². The van der Waals surface area contributed by atoms with Gasteiger partial charge in [0.2, 0.25) is 0 Å². The minimum Gasteiger partial charge on any atom is -0.395 e. The van der Waals surface area contributed by atoms with Crippen molar-refractivity contribution in [3.63, 3.8) is 0 Å². The number of thioether (sulfide) groups is 1. The molecule has 1 amide bonds. The molecule has 0 spiro atoms. The molecule has 2 aliphatic heterocycles. The molecule has 10 heteroatoms. The molecule has 0 radical (unpaired) electrons. The Balaban J connectivity index is 1.44. The van der Waals surface area contributed by atoms with Gasteiger partial charge in [0, 0.05) is 45.5 Å². The molecular weight excluding hydrogens is 518 g/mol. The minimum absolute atomic E-state index is 0.118. The lowest BCUT2D eigenvalue weighted by molar-refractivity contribution is -0.122. The van der Waals surface area contributed by atoms with Crippen LogP contribution >= 0.6 is 24.0 Å². The van der Waals surface area contributed by atoms with Crippen molar-refractivity contribution in [2.45, 2.75) is 19.8 Å². The van der Waals surface area contributed by atoms with Crippen LogP contribution in [0.1, 0.15) is 23.1 Å². The van der Waals surface area contributed by atoms with Crippen LogP contribution in [-0.4, -0.2) is 80.4 Å². The number of carbonyl (C=O) groups excluding carboxylic acids is 1. The van der Waals surface area contributed by atoms with Crippen LogP contribution in [-0.2, 0) is 11.2 Å². The smallest absolute Gasteiger partial charge is 0.267 e. The van der Waals surface area contributed by atoms with Crippen molar-refractivity contribution in [3.8, 4) is 0 Å². The molecule has 2 fully saturated rings. The maximum absolute atomic E-state index is 13.7. The molecule has 0 aliphatic carbocycles. The molecule has 1 aromatic carbocycles. The van der Waals surface area contributed by atoms with Gasteiger partial charge >= 0.3 is 0 Å². The zero-order chi connectivity index (χ0) is 26.6. The highest BCUT2D eigenvalue weighted by molar-refractivity contribution is 8.26. The molecule has 0 unspecified atom stereocenters. The Kier molecular flexibility index (Phi) is 8.23. The monoisotopic (exact) mass is 549 g/mol. The highest BCUT2D eigenvalue weighted by Gasteiger charge is 2.33. The molecule has 1 N–H and O–H groups in total. The van der Waals surface area contributed by atoms with Gasteiger partial charge in [-0.05, 0) is 43.0 Å². The van der Waals surface area contributed by atoms with Crippen LogP contribution in [0.15, 0.2) is 58.4 Å². The van der Waals surface area contributed by atoms with Gasteiger partial charge in [0.1, 0.15) is 15.8 Å². The number of rotatable bonds is 8. The van der Waals surface area contributed by atoms with Gasteiger partial charge in [-0.2, -0.15) is 0 Å². The summed E-state index contributed by atoms with van der Waals surface area (Å²) in [4.78, 5) is 38.3. The summed E-state index contributed by atoms with van der Waals surface area (Å²) in [5.74, 6) is 0.414. The molecule has 4 heterocycles. The maximum atomic E-state index is 13.7. The fourth-order valence-electron chi connectivity index (χ4n) is 4.85. The predicted octanol–water partition coefficient (Wildman–Crippen LogP) is 2.95. The number of amides is 1. The summed E-state index contributed by atoms with van der Waals surface area (Å²) >= 11 is 6.80. The van der Waals surface area contributed by atoms with Crippen molar-refractivity contribution in [2.75, 3.05) is 50.8 Å². The number of aliphatic hydroxyl groups excluding tert-OH is 1. The van der Waals surface area contributed by atoms with Crippen LogP contribution in [0.4, 0.5) is 5.82 Å². The van der Waals surface area contributed by atoms with Crippen molar-refractivity contribution in [1.82, 2.24) is 19.2 Å². The standard InChI is InChI=1S/C28H31N5O3S2/c1-20-9-10-24-29-25(31-14-12-30(13-15-31)16-17-34)22(26(35)33(24)19-20)18-23-27(36)32(28(37)38-23)11-5-8-21-6-3-2-4-7-21/h2-4,6-7,9-10,18-19,34H,5,8,11-17H2,1H3/b23-18-. The predicted molar refractivity (Wildman–Crippen MR) is 157 cm³/mol. The fourth-order valence-corrected chi connectivity index (χ4v) is 6.14. The quantitative estimate of drug-likeness (QED) is 0.339. The molecule has 0 bridgehead atoms. The van der Waals surface area contributed by atoms with Crippen LogP contribution in [0.5, 0.6) is 0 Å². The summed E-state index contributed by atoms with van der Waals surface area (Å²) in [5, 5.41) is 9.29. The van der Waals surface area contributed by atoms with E-state index in [1.54, 1.807) is 21.6 Å². The number of hydrogen-bond donors (Lipinski definition) is 1. The fraction of sp³-hybridized carbons (Fsp3) is 0.357. The highest BCUT2D eigenvalue weighted by atomic mass is 32.2. The number of anilines is 1. The second-order valence-electron chi connectivity index (χ2n) is 9.56. The van der Waals surface area contributed by atoms with Gasteiger partial charge < -0.3 is 10.0 Å². The van der Waals surface area contributed by atoms with Crippen molar-refractivity contribution >= 4 is 51.7 Å². The Bertz CT molecular complexity index is 1430. The van der Waals surface area contributed by atoms with E-state index in [2.05, 4.69) is 21.9 Å². The highest BCUT2D eigenvalue weighted by Crippen LogP contribution is 2.34. The van der Waals surface area contributed by atoms with Crippen molar-refractivity contribution in [1.29, 1.82) is 0 Å². The van der Waals surface area contributed by atoms with E-state index in [0.717, 1.165) is 31.5 Å². The number of hydrogen-bond acceptors (Lipinski definition) is 8. The van der Waals surface area contributed by atoms with E-state index >= 15 is 0 Å². The maximum Gasteiger partial charge on any atom is 0.267 e. The van der Waals surface area contributed by atoms with E-state index in [0.29, 0.717) is 52.4 Å². The van der Waals surface area contributed by atoms with Crippen molar-refractivity contribution < 1.29 is 9.90 Å². The number of piperazine rings is 1. The lowest BCUT2D eigenvalue weighted by Gasteiger charge is -2.35. The Morgan fingerprint density at radius 3 is 2.55 bits per heavy atom. The molecular formula is C28H31N5O3S2. The Hall–Kier alpha value is -3.05. The first-order valence-corrected chi connectivity index (χ1v) is 14.1. The van der Waals surface area contributed by atoms with Crippen LogP contribution in [0, 0.1) is 6.92 Å². The van der Waals surface area contributed by atoms with Crippen molar-refractivity contribution in [3.05, 3.63) is 80.6 Å². The summed E-state index contributed by atoms with van der Waals surface area (Å²) in [5.41, 5.74) is 2.93. The topological polar surface area (TPSA) is 81.4 Å². The van der Waals surface area contributed by atoms with Gasteiger partial charge in [-0.15, -0.1) is 0 Å². The Labute approximate surface area is 231 Å². The average molecular weight is 550 g/mol. The van der Waals surface area contributed by atoms with Crippen LogP contribution < -0.4 is 10.5 Å². The number of carbonyl (C=O) groups is 1. The largest absolute Gasteiger partial charge is 0.395 e. The Morgan fingerprint density at radius 1 is 1.05 bits per heavy atom. The lowest BCUT2D eigenvalue weighted by Crippen LogP contribution is -2.48. The molecule has 5 rings (SSSR count). The number of benzene rings is 1. The third-order valence-electron chi connectivity index (χ3n) is 6.91. The second-order valence-corrected chi connectivity index (χ2v) is 11.2. The number of thiocarbonyl (C=S) groups is 1. The van der Waals surface area contributed by atoms with Crippen LogP contribution in [0.25, 0.3) is 11.7 Å². The van der Waals surface area contributed by atoms with E-state index in [-0.39, 0.29) is 18.1 Å². The first kappa shape index (κ1) is 26.6. The molecule has 38 heavy (non-hydrogen) atoms. The van der Waals surface area contributed by atoms with Gasteiger partial charge in [-0.1, -0.05) is 60.4 Å². The van der Waals surface area contributed by atoms with Gasteiger partial charge in [-0.3, -0.25) is 23.8 Å². The molecule has 0 atom stereocenters. The van der Waals surface area contributed by atoms with E-state index in [9.17, 15) is 14.7 Å². The number of nitrogens with zero attached hydrogens (tertiary/aromatic N) is 5. The molecule has 2 aromatic heterocycles. The third-order valence-corrected chi connectivity index (χ3v) is 8.29. The summed E-state index contributed by atoms with van der Waals surface area (Å²) in [6.07, 6.45) is 5.11. The molecule has 198 valence electrons. The third kappa shape index (κ3) is 5.68. The van der Waals surface area contributed by atoms with Crippen LogP contribution in [0.2, 0.25) is 0 Å². The number of aryl methyl sites for hydroxylation is 2. The molecule has 2 saturated heterocycles. The summed E-state index contributed by atoms with van der Waals surface area (Å²) in [6, 6.07) is 14.0. The molecule has 3 aromatic rings. The van der Waals surface area contributed by atoms with Crippen LogP contribution in [0.3, 0.4) is 0 Å². The summed E-state index contributed by atoms with van der Waals surface area (Å²) in [6.45, 7) is 6.08. The van der Waals surface area contributed by atoms with Gasteiger partial charge in [0.25, 0.3) is 11.5 Å². The molecule has 0 saturated carbocycles. The minimum atomic E-state index is -0.208. The first-order valence-electron chi connectivity index (χ1n) is 12.8. The zero-order valence-electron chi connectivity index (χ0n) is 21.4. The van der Waals surface area contributed by atoms with Gasteiger partial charge in [0.15, 0.2) is 0 Å². The number of aliphatic hydroxyl groups is 1. The van der Waals surface area contributed by atoms with E-state index < -0.39 is 0 Å². The zero-order valence-corrected chi connectivity index (χ0v) is 23.0. The normalized spacial score (nSPS) is 17.8. The first-order chi connectivity index (χ1) is 18.4. The SMILES string of the molecule is Cc1ccc2nc(N3CCN(CCO)CC3)c(/C=C3\SC(=S)N(CCCc4ccccc4)C3=O)c(=O)n2c1. The lowest BCUT2D eigenvalue weighted by atomic mass is 10.1. The van der Waals surface area contributed by atoms with Crippen molar-refractivity contribution in [2.24, 2.45) is 0 Å². The second kappa shape index (κ2) is 11.8. The van der Waals surface area contributed by atoms with E-state index in [4.69, 9.17) is 17.2 Å². The number of aromatic nitrogens is 2. The molecule has 2 aliphatic rings. The van der Waals surface area contributed by atoms with E-state index in [1.165, 1.54) is 17.3 Å². The number of fused-ring (bicyclic) bond motifs is 1. The summed E-state index contributed by atoms with van der Waals surface area (Å²) < 4.78 is 2.06. The average Bonchev–Trinajstić information content (AvgIpc) is 3.19. The Morgan fingerprint density at radius 2 is 1.82 bits per heavy atom. The van der Waals surface area contributed by atoms with Gasteiger partial charge in [0.05, 0.1) is 17.1 Å². The summed E-state index contributed by atoms with van der Waals surface area (Å²) in [7, 11) is 0.